The molecule has 2 aliphatic heterocycles. The largest absolute Gasteiger partial charge is 0.433 e. The Morgan fingerprint density at radius 3 is 2.46 bits per heavy atom. The number of carbonyl (C=O) groups excluding carboxylic acids is 3. The normalized spacial score (nSPS) is 20.2. The van der Waals surface area contributed by atoms with E-state index < -0.39 is 29.9 Å². The van der Waals surface area contributed by atoms with E-state index in [-0.39, 0.29) is 30.4 Å². The minimum atomic E-state index is -4.55. The molecule has 0 bridgehead atoms. The number of nitrogens with zero attached hydrogens (tertiary/aromatic N) is 4. The van der Waals surface area contributed by atoms with Gasteiger partial charge in [-0.3, -0.25) is 14.9 Å². The van der Waals surface area contributed by atoms with Crippen LogP contribution in [0.15, 0.2) is 6.07 Å². The quantitative estimate of drug-likeness (QED) is 0.711. The maximum absolute atomic E-state index is 12.9. The van der Waals surface area contributed by atoms with Gasteiger partial charge < -0.3 is 15.1 Å². The molecule has 0 radical (unpaired) electrons. The second kappa shape index (κ2) is 7.60. The molecule has 2 N–H and O–H groups in total. The van der Waals surface area contributed by atoms with E-state index in [0.29, 0.717) is 26.2 Å². The van der Waals surface area contributed by atoms with E-state index in [1.165, 1.54) is 6.92 Å². The summed E-state index contributed by atoms with van der Waals surface area (Å²) in [5.41, 5.74) is -0.780. The standard InChI is InChI=1S/C16H19F3N6O3/c1-9-8-11(16(17,18)19)22-14(20-9)25-6-4-24(5-7-25)12(26)3-2-10-13(27)23-15(28)21-10/h8,10H,2-7H2,1H3,(H2,21,23,27,28)/t10-/m0/s1. The molecule has 4 amide bonds. The third-order valence-electron chi connectivity index (χ3n) is 4.55. The predicted octanol–water partition coefficient (Wildman–Crippen LogP) is 0.441. The Morgan fingerprint density at radius 2 is 1.89 bits per heavy atom. The fourth-order valence-corrected chi connectivity index (χ4v) is 3.08. The van der Waals surface area contributed by atoms with Gasteiger partial charge in [-0.25, -0.2) is 14.8 Å². The maximum Gasteiger partial charge on any atom is 0.433 e. The second-order valence-corrected chi connectivity index (χ2v) is 6.61. The van der Waals surface area contributed by atoms with Gasteiger partial charge in [0.05, 0.1) is 0 Å². The lowest BCUT2D eigenvalue weighted by Crippen LogP contribution is -2.49. The third kappa shape index (κ3) is 4.49. The predicted molar refractivity (Wildman–Crippen MR) is 90.3 cm³/mol. The highest BCUT2D eigenvalue weighted by Gasteiger charge is 2.34. The fraction of sp³-hybridized carbons (Fsp3) is 0.562. The zero-order chi connectivity index (χ0) is 20.5. The first-order valence-corrected chi connectivity index (χ1v) is 8.70. The van der Waals surface area contributed by atoms with Crippen molar-refractivity contribution in [1.29, 1.82) is 0 Å². The van der Waals surface area contributed by atoms with Crippen molar-refractivity contribution < 1.29 is 27.6 Å². The van der Waals surface area contributed by atoms with Crippen LogP contribution in [0.2, 0.25) is 0 Å². The topological polar surface area (TPSA) is 108 Å². The summed E-state index contributed by atoms with van der Waals surface area (Å²) in [7, 11) is 0. The number of hydrogen-bond donors (Lipinski definition) is 2. The number of piperazine rings is 1. The smallest absolute Gasteiger partial charge is 0.339 e. The number of halogens is 3. The van der Waals surface area contributed by atoms with E-state index in [9.17, 15) is 27.6 Å². The van der Waals surface area contributed by atoms with E-state index in [4.69, 9.17) is 0 Å². The van der Waals surface area contributed by atoms with Gasteiger partial charge in [-0.1, -0.05) is 0 Å². The van der Waals surface area contributed by atoms with Gasteiger partial charge in [0, 0.05) is 38.3 Å². The zero-order valence-electron chi connectivity index (χ0n) is 15.0. The van der Waals surface area contributed by atoms with Gasteiger partial charge in [0.25, 0.3) is 5.91 Å². The molecule has 1 aromatic heterocycles. The highest BCUT2D eigenvalue weighted by atomic mass is 19.4. The summed E-state index contributed by atoms with van der Waals surface area (Å²) >= 11 is 0. The summed E-state index contributed by atoms with van der Waals surface area (Å²) in [5, 5.41) is 4.53. The molecule has 28 heavy (non-hydrogen) atoms. The van der Waals surface area contributed by atoms with Crippen molar-refractivity contribution in [3.8, 4) is 0 Å². The first-order valence-electron chi connectivity index (χ1n) is 8.70. The van der Waals surface area contributed by atoms with Crippen molar-refractivity contribution in [1.82, 2.24) is 25.5 Å². The van der Waals surface area contributed by atoms with Crippen LogP contribution in [-0.4, -0.2) is 64.9 Å². The Hall–Kier alpha value is -2.92. The van der Waals surface area contributed by atoms with Crippen LogP contribution in [0, 0.1) is 6.92 Å². The lowest BCUT2D eigenvalue weighted by molar-refractivity contribution is -0.141. The molecule has 152 valence electrons. The number of anilines is 1. The first-order chi connectivity index (χ1) is 13.1. The summed E-state index contributed by atoms with van der Waals surface area (Å²) in [4.78, 5) is 45.7. The van der Waals surface area contributed by atoms with Crippen molar-refractivity contribution in [2.75, 3.05) is 31.1 Å². The summed E-state index contributed by atoms with van der Waals surface area (Å²) in [6, 6.07) is -0.409. The Bertz CT molecular complexity index is 792. The Balaban J connectivity index is 1.54. The van der Waals surface area contributed by atoms with Crippen molar-refractivity contribution in [2.24, 2.45) is 0 Å². The molecule has 3 rings (SSSR count). The minimum absolute atomic E-state index is 0.00948. The number of hydrogen-bond acceptors (Lipinski definition) is 6. The molecule has 2 saturated heterocycles. The molecular weight excluding hydrogens is 381 g/mol. The Labute approximate surface area is 158 Å². The van der Waals surface area contributed by atoms with Gasteiger partial charge >= 0.3 is 12.2 Å². The van der Waals surface area contributed by atoms with E-state index in [1.54, 1.807) is 9.80 Å². The third-order valence-corrected chi connectivity index (χ3v) is 4.55. The number of alkyl halides is 3. The number of carbonyl (C=O) groups is 3. The van der Waals surface area contributed by atoms with Gasteiger partial charge in [-0.05, 0) is 19.4 Å². The number of nitrogens with one attached hydrogen (secondary N) is 2. The minimum Gasteiger partial charge on any atom is -0.339 e. The number of urea groups is 1. The molecule has 0 unspecified atom stereocenters. The van der Waals surface area contributed by atoms with Gasteiger partial charge in [0.2, 0.25) is 11.9 Å². The van der Waals surface area contributed by atoms with Crippen molar-refractivity contribution >= 4 is 23.8 Å². The summed E-state index contributed by atoms with van der Waals surface area (Å²) < 4.78 is 38.8. The van der Waals surface area contributed by atoms with Crippen LogP contribution in [-0.2, 0) is 15.8 Å². The van der Waals surface area contributed by atoms with Gasteiger partial charge in [0.15, 0.2) is 0 Å². The van der Waals surface area contributed by atoms with Gasteiger partial charge in [0.1, 0.15) is 11.7 Å². The Kier molecular flexibility index (Phi) is 5.38. The van der Waals surface area contributed by atoms with Crippen molar-refractivity contribution in [2.45, 2.75) is 32.0 Å². The SMILES string of the molecule is Cc1cc(C(F)(F)F)nc(N2CCN(C(=O)CC[C@@H]3NC(=O)NC3=O)CC2)n1. The van der Waals surface area contributed by atoms with E-state index >= 15 is 0 Å². The molecule has 12 heteroatoms. The van der Waals surface area contributed by atoms with Crippen LogP contribution in [0.3, 0.4) is 0 Å². The average Bonchev–Trinajstić information content (AvgIpc) is 2.96. The van der Waals surface area contributed by atoms with Crippen LogP contribution < -0.4 is 15.5 Å². The lowest BCUT2D eigenvalue weighted by Gasteiger charge is -2.35. The highest BCUT2D eigenvalue weighted by Crippen LogP contribution is 2.29. The number of amides is 4. The van der Waals surface area contributed by atoms with Crippen molar-refractivity contribution in [3.63, 3.8) is 0 Å². The molecule has 0 saturated carbocycles. The Morgan fingerprint density at radius 1 is 1.21 bits per heavy atom. The zero-order valence-corrected chi connectivity index (χ0v) is 15.0. The van der Waals surface area contributed by atoms with Crippen LogP contribution in [0.5, 0.6) is 0 Å². The average molecular weight is 400 g/mol. The van der Waals surface area contributed by atoms with E-state index in [0.717, 1.165) is 6.07 Å². The number of aromatic nitrogens is 2. The molecule has 2 fully saturated rings. The van der Waals surface area contributed by atoms with Crippen molar-refractivity contribution in [3.05, 3.63) is 17.5 Å². The summed E-state index contributed by atoms with van der Waals surface area (Å²) in [6.07, 6.45) is -4.29. The van der Waals surface area contributed by atoms with Crippen LogP contribution in [0.1, 0.15) is 24.2 Å². The molecule has 1 atom stereocenters. The molecule has 9 nitrogen and oxygen atoms in total. The monoisotopic (exact) mass is 400 g/mol. The lowest BCUT2D eigenvalue weighted by atomic mass is 10.1. The number of rotatable bonds is 4. The van der Waals surface area contributed by atoms with E-state index in [2.05, 4.69) is 20.6 Å². The summed E-state index contributed by atoms with van der Waals surface area (Å²) in [6.45, 7) is 2.68. The first kappa shape index (κ1) is 19.8. The van der Waals surface area contributed by atoms with Crippen LogP contribution in [0.4, 0.5) is 23.9 Å². The second-order valence-electron chi connectivity index (χ2n) is 6.61. The highest BCUT2D eigenvalue weighted by molar-refractivity contribution is 6.04. The molecule has 1 aromatic rings. The molecule has 2 aliphatic rings. The van der Waals surface area contributed by atoms with Gasteiger partial charge in [-0.2, -0.15) is 13.2 Å². The summed E-state index contributed by atoms with van der Waals surface area (Å²) in [5.74, 6) is -0.654. The molecular formula is C16H19F3N6O3. The molecule has 0 aliphatic carbocycles. The maximum atomic E-state index is 12.9. The number of aryl methyl sites for hydroxylation is 1. The van der Waals surface area contributed by atoms with E-state index in [1.807, 2.05) is 0 Å². The molecule has 3 heterocycles. The van der Waals surface area contributed by atoms with Crippen LogP contribution in [0.25, 0.3) is 0 Å². The fourth-order valence-electron chi connectivity index (χ4n) is 3.08. The van der Waals surface area contributed by atoms with Crippen LogP contribution >= 0.6 is 0 Å². The van der Waals surface area contributed by atoms with Gasteiger partial charge in [-0.15, -0.1) is 0 Å². The molecule has 0 aromatic carbocycles. The number of imide groups is 1. The molecule has 0 spiro atoms.